The van der Waals surface area contributed by atoms with Crippen LogP contribution in [0.5, 0.6) is 0 Å². The summed E-state index contributed by atoms with van der Waals surface area (Å²) in [6.45, 7) is -0.403. The molecule has 12 heteroatoms. The summed E-state index contributed by atoms with van der Waals surface area (Å²) in [4.78, 5) is 27.6. The van der Waals surface area contributed by atoms with Gasteiger partial charge in [-0.1, -0.05) is 158 Å². The van der Waals surface area contributed by atoms with Crippen molar-refractivity contribution in [3.05, 3.63) is 295 Å². The first-order chi connectivity index (χ1) is 43.1. The summed E-state index contributed by atoms with van der Waals surface area (Å²) in [5, 5.41) is 8.72. The molecule has 0 spiro atoms. The SMILES string of the molecule is O=C(OCc1cc(-n2c3ccccc3c3ccccc32)cc(-n2c3ccccc3c3ccccc32)c1)c1cc(C(=O)OCc2ccc3c(c2)c2ccccc2n3-c2ccc(-c3ccc(-n4c5ccccc5c5ccccc54)cc3)cc2)cc(S(=O)(=O)O)c1. The molecule has 16 rings (SSSR count). The highest BCUT2D eigenvalue weighted by atomic mass is 32.2. The van der Waals surface area contributed by atoms with E-state index in [1.54, 1.807) is 0 Å². The van der Waals surface area contributed by atoms with E-state index in [0.717, 1.165) is 122 Å². The van der Waals surface area contributed by atoms with Gasteiger partial charge in [0.1, 0.15) is 13.2 Å². The lowest BCUT2D eigenvalue weighted by atomic mass is 10.0. The molecular weight excluding hydrogens is 1110 g/mol. The van der Waals surface area contributed by atoms with Gasteiger partial charge in [0.05, 0.1) is 60.2 Å². The Morgan fingerprint density at radius 2 is 0.614 bits per heavy atom. The lowest BCUT2D eigenvalue weighted by Gasteiger charge is -2.16. The number of para-hydroxylation sites is 7. The largest absolute Gasteiger partial charge is 0.457 e. The van der Waals surface area contributed by atoms with Gasteiger partial charge in [0.15, 0.2) is 0 Å². The van der Waals surface area contributed by atoms with Crippen LogP contribution in [0.2, 0.25) is 0 Å². The number of hydrogen-bond donors (Lipinski definition) is 1. The highest BCUT2D eigenvalue weighted by molar-refractivity contribution is 7.85. The molecule has 16 aromatic rings. The third-order valence-corrected chi connectivity index (χ3v) is 17.8. The van der Waals surface area contributed by atoms with E-state index in [0.29, 0.717) is 11.1 Å². The quantitative estimate of drug-likeness (QED) is 0.0953. The van der Waals surface area contributed by atoms with Gasteiger partial charge in [-0.25, -0.2) is 9.59 Å². The number of fused-ring (bicyclic) bond motifs is 12. The van der Waals surface area contributed by atoms with E-state index in [-0.39, 0.29) is 24.3 Å². The highest BCUT2D eigenvalue weighted by Crippen LogP contribution is 2.39. The second-order valence-electron chi connectivity index (χ2n) is 22.1. The van der Waals surface area contributed by atoms with Crippen LogP contribution in [-0.4, -0.2) is 43.2 Å². The Balaban J connectivity index is 0.670. The smallest absolute Gasteiger partial charge is 0.338 e. The fourth-order valence-electron chi connectivity index (χ4n) is 13.0. The van der Waals surface area contributed by atoms with Gasteiger partial charge in [-0.2, -0.15) is 8.42 Å². The summed E-state index contributed by atoms with van der Waals surface area (Å²) in [6, 6.07) is 90.4. The highest BCUT2D eigenvalue weighted by Gasteiger charge is 2.23. The molecule has 422 valence electrons. The molecule has 0 aliphatic rings. The van der Waals surface area contributed by atoms with Crippen molar-refractivity contribution < 1.29 is 32.0 Å². The summed E-state index contributed by atoms with van der Waals surface area (Å²) in [5.74, 6) is -1.82. The molecule has 4 heterocycles. The van der Waals surface area contributed by atoms with Crippen LogP contribution in [0, 0.1) is 0 Å². The number of nitrogens with zero attached hydrogens (tertiary/aromatic N) is 4. The number of benzene rings is 12. The Kier molecular flexibility index (Phi) is 12.3. The number of aromatic nitrogens is 4. The molecule has 0 saturated carbocycles. The van der Waals surface area contributed by atoms with Gasteiger partial charge in [0, 0.05) is 65.8 Å². The standard InChI is InChI=1S/C76H50N4O7S/c81-75(86-46-48-29-38-74-66(41-48)65-21-7-14-28-73(65)78(74)55-36-32-51(33-37-55)50-30-34-54(35-31-50)77-67-22-8-1-15-59(67)60-16-2-9-23-68(60)77)52-42-53(44-58(43-52)88(83,84)85)76(82)87-47-49-39-56(79-69-24-10-3-17-61(69)62-18-4-11-25-70(62)79)45-57(40-49)80-71-26-12-5-19-63(71)64-20-6-13-27-72(64)80/h1-45H,46-47H2,(H,83,84,85). The zero-order valence-corrected chi connectivity index (χ0v) is 47.8. The molecular formula is C76H50N4O7S. The molecule has 0 saturated heterocycles. The van der Waals surface area contributed by atoms with Crippen LogP contribution in [0.25, 0.3) is 121 Å². The van der Waals surface area contributed by atoms with E-state index in [9.17, 15) is 22.6 Å². The molecule has 0 unspecified atom stereocenters. The van der Waals surface area contributed by atoms with Crippen molar-refractivity contribution in [2.75, 3.05) is 0 Å². The van der Waals surface area contributed by atoms with Gasteiger partial charge in [-0.15, -0.1) is 0 Å². The Labute approximate surface area is 504 Å². The molecule has 0 amide bonds. The zero-order chi connectivity index (χ0) is 59.2. The van der Waals surface area contributed by atoms with Crippen LogP contribution >= 0.6 is 0 Å². The van der Waals surface area contributed by atoms with Gasteiger partial charge in [-0.05, 0) is 138 Å². The zero-order valence-electron chi connectivity index (χ0n) is 47.0. The van der Waals surface area contributed by atoms with Crippen LogP contribution in [0.4, 0.5) is 0 Å². The Bertz CT molecular complexity index is 5370. The molecule has 0 fully saturated rings. The molecule has 12 aromatic carbocycles. The summed E-state index contributed by atoms with van der Waals surface area (Å²) >= 11 is 0. The molecule has 0 aliphatic carbocycles. The lowest BCUT2D eigenvalue weighted by Crippen LogP contribution is -2.12. The predicted molar refractivity (Wildman–Crippen MR) is 350 cm³/mol. The average Bonchev–Trinajstić information content (AvgIpc) is 2.09. The van der Waals surface area contributed by atoms with Gasteiger partial charge in [0.25, 0.3) is 10.1 Å². The normalized spacial score (nSPS) is 12.0. The van der Waals surface area contributed by atoms with Crippen molar-refractivity contribution in [1.29, 1.82) is 0 Å². The molecule has 0 aliphatic heterocycles. The number of ether oxygens (including phenoxy) is 2. The van der Waals surface area contributed by atoms with Crippen LogP contribution in [0.3, 0.4) is 0 Å². The van der Waals surface area contributed by atoms with Crippen LogP contribution in [0.1, 0.15) is 31.8 Å². The minimum absolute atomic E-state index is 0.176. The summed E-state index contributed by atoms with van der Waals surface area (Å²) < 4.78 is 56.7. The van der Waals surface area contributed by atoms with Crippen molar-refractivity contribution in [1.82, 2.24) is 18.3 Å². The number of hydrogen-bond acceptors (Lipinski definition) is 6. The van der Waals surface area contributed by atoms with Crippen molar-refractivity contribution in [2.45, 2.75) is 18.1 Å². The molecule has 11 nitrogen and oxygen atoms in total. The van der Waals surface area contributed by atoms with Gasteiger partial charge in [0.2, 0.25) is 0 Å². The average molecular weight is 1160 g/mol. The monoisotopic (exact) mass is 1160 g/mol. The predicted octanol–water partition coefficient (Wildman–Crippen LogP) is 17.7. The first-order valence-corrected chi connectivity index (χ1v) is 30.3. The van der Waals surface area contributed by atoms with Crippen LogP contribution in [-0.2, 0) is 32.8 Å². The van der Waals surface area contributed by atoms with Crippen molar-refractivity contribution in [3.63, 3.8) is 0 Å². The molecule has 88 heavy (non-hydrogen) atoms. The molecule has 1 N–H and O–H groups in total. The maximum Gasteiger partial charge on any atom is 0.338 e. The van der Waals surface area contributed by atoms with Crippen molar-refractivity contribution >= 4 is 109 Å². The minimum Gasteiger partial charge on any atom is -0.457 e. The summed E-state index contributed by atoms with van der Waals surface area (Å²) in [5.41, 5.74) is 14.9. The van der Waals surface area contributed by atoms with E-state index in [4.69, 9.17) is 9.47 Å². The first-order valence-electron chi connectivity index (χ1n) is 28.9. The third-order valence-electron chi connectivity index (χ3n) is 17.0. The molecule has 4 aromatic heterocycles. The van der Waals surface area contributed by atoms with E-state index in [1.807, 2.05) is 91.0 Å². The van der Waals surface area contributed by atoms with Gasteiger partial charge >= 0.3 is 11.9 Å². The fraction of sp³-hybridized carbons (Fsp3) is 0.0263. The Hall–Kier alpha value is -11.3. The molecule has 0 atom stereocenters. The third kappa shape index (κ3) is 8.80. The number of esters is 2. The minimum atomic E-state index is -4.91. The Morgan fingerprint density at radius 3 is 0.966 bits per heavy atom. The van der Waals surface area contributed by atoms with Crippen molar-refractivity contribution in [3.8, 4) is 33.9 Å². The van der Waals surface area contributed by atoms with E-state index in [2.05, 4.69) is 182 Å². The molecule has 0 bridgehead atoms. The number of rotatable bonds is 12. The topological polar surface area (TPSA) is 127 Å². The Morgan fingerprint density at radius 1 is 0.307 bits per heavy atom. The van der Waals surface area contributed by atoms with Gasteiger partial charge < -0.3 is 27.7 Å². The van der Waals surface area contributed by atoms with Crippen LogP contribution in [0.15, 0.2) is 278 Å². The second kappa shape index (κ2) is 20.7. The van der Waals surface area contributed by atoms with E-state index < -0.39 is 27.0 Å². The summed E-state index contributed by atoms with van der Waals surface area (Å²) in [6.07, 6.45) is 0. The maximum absolute atomic E-state index is 14.2. The van der Waals surface area contributed by atoms with E-state index in [1.165, 1.54) is 16.8 Å². The maximum atomic E-state index is 14.2. The number of carbonyl (C=O) groups excluding carboxylic acids is 2. The van der Waals surface area contributed by atoms with Crippen LogP contribution < -0.4 is 0 Å². The summed E-state index contributed by atoms with van der Waals surface area (Å²) in [7, 11) is -4.91. The van der Waals surface area contributed by atoms with Crippen molar-refractivity contribution in [2.24, 2.45) is 0 Å². The van der Waals surface area contributed by atoms with E-state index >= 15 is 0 Å². The lowest BCUT2D eigenvalue weighted by molar-refractivity contribution is 0.0469. The second-order valence-corrected chi connectivity index (χ2v) is 23.6. The first kappa shape index (κ1) is 52.3. The number of carbonyl (C=O) groups is 2. The molecule has 0 radical (unpaired) electrons. The fourth-order valence-corrected chi connectivity index (χ4v) is 13.6. The van der Waals surface area contributed by atoms with Gasteiger partial charge in [-0.3, -0.25) is 4.55 Å².